The fourth-order valence-electron chi connectivity index (χ4n) is 1.17. The zero-order valence-corrected chi connectivity index (χ0v) is 8.54. The summed E-state index contributed by atoms with van der Waals surface area (Å²) in [5.74, 6) is -2.84. The van der Waals surface area contributed by atoms with Gasteiger partial charge >= 0.3 is 18.1 Å². The Morgan fingerprint density at radius 1 is 1.29 bits per heavy atom. The maximum absolute atomic E-state index is 12.5. The Labute approximate surface area is 93.6 Å². The van der Waals surface area contributed by atoms with E-state index < -0.39 is 29.2 Å². The normalized spacial score (nSPS) is 11.1. The summed E-state index contributed by atoms with van der Waals surface area (Å²) in [6.45, 7) is 1.03. The summed E-state index contributed by atoms with van der Waals surface area (Å²) in [5, 5.41) is 8.59. The number of aromatic carboxylic acids is 1. The van der Waals surface area contributed by atoms with Crippen molar-refractivity contribution in [1.82, 2.24) is 0 Å². The van der Waals surface area contributed by atoms with Crippen LogP contribution < -0.4 is 4.74 Å². The maximum Gasteiger partial charge on any atom is 0.417 e. The van der Waals surface area contributed by atoms with Crippen molar-refractivity contribution in [3.8, 4) is 5.75 Å². The first-order chi connectivity index (χ1) is 7.71. The van der Waals surface area contributed by atoms with E-state index in [9.17, 15) is 22.8 Å². The molecule has 0 heterocycles. The molecule has 0 aliphatic rings. The number of halogens is 3. The number of rotatable bonds is 2. The molecule has 0 radical (unpaired) electrons. The van der Waals surface area contributed by atoms with E-state index in [-0.39, 0.29) is 5.75 Å². The number of hydrogen-bond donors (Lipinski definition) is 1. The van der Waals surface area contributed by atoms with Crippen LogP contribution in [0.3, 0.4) is 0 Å². The topological polar surface area (TPSA) is 63.6 Å². The summed E-state index contributed by atoms with van der Waals surface area (Å²) in [6, 6.07) is 2.20. The number of carbonyl (C=O) groups excluding carboxylic acids is 1. The highest BCUT2D eigenvalue weighted by atomic mass is 19.4. The quantitative estimate of drug-likeness (QED) is 0.644. The lowest BCUT2D eigenvalue weighted by molar-refractivity contribution is -0.139. The largest absolute Gasteiger partial charge is 0.478 e. The van der Waals surface area contributed by atoms with Gasteiger partial charge in [0.05, 0.1) is 11.1 Å². The minimum absolute atomic E-state index is 0.352. The van der Waals surface area contributed by atoms with Crippen molar-refractivity contribution in [2.45, 2.75) is 13.1 Å². The van der Waals surface area contributed by atoms with Gasteiger partial charge in [0, 0.05) is 6.92 Å². The third-order valence-corrected chi connectivity index (χ3v) is 1.79. The molecule has 1 rings (SSSR count). The minimum atomic E-state index is -4.83. The molecule has 1 aromatic rings. The first-order valence-electron chi connectivity index (χ1n) is 4.35. The smallest absolute Gasteiger partial charge is 0.417 e. The number of carbonyl (C=O) groups is 2. The third kappa shape index (κ3) is 3.20. The second kappa shape index (κ2) is 4.44. The predicted molar refractivity (Wildman–Crippen MR) is 49.7 cm³/mol. The van der Waals surface area contributed by atoms with E-state index >= 15 is 0 Å². The van der Waals surface area contributed by atoms with Gasteiger partial charge in [-0.1, -0.05) is 0 Å². The Morgan fingerprint density at radius 3 is 2.29 bits per heavy atom. The molecule has 0 aliphatic carbocycles. The van der Waals surface area contributed by atoms with Crippen molar-refractivity contribution in [3.05, 3.63) is 29.3 Å². The molecule has 0 bridgehead atoms. The number of carboxylic acids is 1. The lowest BCUT2D eigenvalue weighted by Crippen LogP contribution is -2.13. The van der Waals surface area contributed by atoms with E-state index in [1.807, 2.05) is 0 Å². The lowest BCUT2D eigenvalue weighted by Gasteiger charge is -2.11. The van der Waals surface area contributed by atoms with Crippen molar-refractivity contribution in [2.24, 2.45) is 0 Å². The summed E-state index contributed by atoms with van der Waals surface area (Å²) in [6.07, 6.45) is -4.83. The molecular formula is C10H7F3O4. The van der Waals surface area contributed by atoms with Gasteiger partial charge in [0.25, 0.3) is 0 Å². The average molecular weight is 248 g/mol. The monoisotopic (exact) mass is 248 g/mol. The molecule has 7 heteroatoms. The van der Waals surface area contributed by atoms with Crippen LogP contribution in [0.1, 0.15) is 22.8 Å². The van der Waals surface area contributed by atoms with Gasteiger partial charge in [-0.25, -0.2) is 4.79 Å². The van der Waals surface area contributed by atoms with E-state index in [4.69, 9.17) is 5.11 Å². The Kier molecular flexibility index (Phi) is 3.40. The fourth-order valence-corrected chi connectivity index (χ4v) is 1.17. The molecule has 0 spiro atoms. The molecule has 1 aromatic carbocycles. The van der Waals surface area contributed by atoms with Crippen molar-refractivity contribution < 1.29 is 32.6 Å². The van der Waals surface area contributed by atoms with Crippen LogP contribution in [0.4, 0.5) is 13.2 Å². The first-order valence-corrected chi connectivity index (χ1v) is 4.35. The molecule has 4 nitrogen and oxygen atoms in total. The van der Waals surface area contributed by atoms with Crippen LogP contribution in [0.15, 0.2) is 18.2 Å². The summed E-state index contributed by atoms with van der Waals surface area (Å²) in [5.41, 5.74) is -2.25. The molecule has 0 saturated heterocycles. The van der Waals surface area contributed by atoms with Crippen LogP contribution >= 0.6 is 0 Å². The van der Waals surface area contributed by atoms with Gasteiger partial charge in [-0.2, -0.15) is 13.2 Å². The summed E-state index contributed by atoms with van der Waals surface area (Å²) >= 11 is 0. The van der Waals surface area contributed by atoms with Crippen molar-refractivity contribution in [3.63, 3.8) is 0 Å². The summed E-state index contributed by atoms with van der Waals surface area (Å²) in [7, 11) is 0. The van der Waals surface area contributed by atoms with E-state index in [0.717, 1.165) is 19.1 Å². The number of ether oxygens (including phenoxy) is 1. The van der Waals surface area contributed by atoms with Gasteiger partial charge in [0.15, 0.2) is 0 Å². The molecule has 17 heavy (non-hydrogen) atoms. The van der Waals surface area contributed by atoms with Crippen LogP contribution in [-0.2, 0) is 11.0 Å². The van der Waals surface area contributed by atoms with Gasteiger partial charge < -0.3 is 9.84 Å². The van der Waals surface area contributed by atoms with E-state index in [0.29, 0.717) is 6.07 Å². The molecule has 0 atom stereocenters. The predicted octanol–water partition coefficient (Wildman–Crippen LogP) is 2.33. The lowest BCUT2D eigenvalue weighted by atomic mass is 10.1. The molecule has 0 aliphatic heterocycles. The zero-order chi connectivity index (χ0) is 13.2. The molecule has 0 aromatic heterocycles. The van der Waals surface area contributed by atoms with E-state index in [1.54, 1.807) is 0 Å². The molecular weight excluding hydrogens is 241 g/mol. The highest BCUT2D eigenvalue weighted by molar-refractivity contribution is 5.90. The van der Waals surface area contributed by atoms with Crippen LogP contribution in [0.25, 0.3) is 0 Å². The second-order valence-electron chi connectivity index (χ2n) is 3.10. The van der Waals surface area contributed by atoms with Crippen molar-refractivity contribution in [2.75, 3.05) is 0 Å². The number of benzene rings is 1. The molecule has 0 saturated carbocycles. The standard InChI is InChI=1S/C10H7F3O4/c1-5(14)17-6-2-3-7(9(15)16)8(4-6)10(11,12)13/h2-4H,1H3,(H,15,16). The summed E-state index contributed by atoms with van der Waals surface area (Å²) < 4.78 is 42.0. The molecule has 1 N–H and O–H groups in total. The number of carboxylic acid groups (broad SMARTS) is 1. The maximum atomic E-state index is 12.5. The first kappa shape index (κ1) is 13.0. The van der Waals surface area contributed by atoms with Crippen molar-refractivity contribution >= 4 is 11.9 Å². The molecule has 0 fully saturated rings. The SMILES string of the molecule is CC(=O)Oc1ccc(C(=O)O)c(C(F)(F)F)c1. The van der Waals surface area contributed by atoms with Crippen LogP contribution in [0, 0.1) is 0 Å². The average Bonchev–Trinajstić information content (AvgIpc) is 2.14. The van der Waals surface area contributed by atoms with Gasteiger partial charge in [-0.15, -0.1) is 0 Å². The number of hydrogen-bond acceptors (Lipinski definition) is 3. The zero-order valence-electron chi connectivity index (χ0n) is 8.54. The molecule has 92 valence electrons. The molecule has 0 unspecified atom stereocenters. The van der Waals surface area contributed by atoms with Crippen LogP contribution in [-0.4, -0.2) is 17.0 Å². The minimum Gasteiger partial charge on any atom is -0.478 e. The fraction of sp³-hybridized carbons (Fsp3) is 0.200. The Balaban J connectivity index is 3.29. The van der Waals surface area contributed by atoms with Crippen molar-refractivity contribution in [1.29, 1.82) is 0 Å². The third-order valence-electron chi connectivity index (χ3n) is 1.79. The highest BCUT2D eigenvalue weighted by Crippen LogP contribution is 2.34. The van der Waals surface area contributed by atoms with Gasteiger partial charge in [-0.05, 0) is 18.2 Å². The Hall–Kier alpha value is -2.05. The van der Waals surface area contributed by atoms with Gasteiger partial charge in [0.1, 0.15) is 5.75 Å². The van der Waals surface area contributed by atoms with Crippen LogP contribution in [0.5, 0.6) is 5.75 Å². The number of alkyl halides is 3. The van der Waals surface area contributed by atoms with E-state index in [2.05, 4.69) is 4.74 Å². The van der Waals surface area contributed by atoms with Gasteiger partial charge in [-0.3, -0.25) is 4.79 Å². The Bertz CT molecular complexity index is 465. The molecule has 0 amide bonds. The Morgan fingerprint density at radius 2 is 1.88 bits per heavy atom. The van der Waals surface area contributed by atoms with Gasteiger partial charge in [0.2, 0.25) is 0 Å². The summed E-state index contributed by atoms with van der Waals surface area (Å²) in [4.78, 5) is 21.2. The van der Waals surface area contributed by atoms with Crippen LogP contribution in [0.2, 0.25) is 0 Å². The van der Waals surface area contributed by atoms with E-state index in [1.165, 1.54) is 0 Å². The highest BCUT2D eigenvalue weighted by Gasteiger charge is 2.35. The number of esters is 1. The second-order valence-corrected chi connectivity index (χ2v) is 3.10.